The number of nitro benzene ring substituents is 1. The quantitative estimate of drug-likeness (QED) is 0.345. The van der Waals surface area contributed by atoms with Crippen LogP contribution in [0.3, 0.4) is 0 Å². The van der Waals surface area contributed by atoms with Crippen LogP contribution in [0.2, 0.25) is 0 Å². The van der Waals surface area contributed by atoms with Gasteiger partial charge in [0.05, 0.1) is 23.7 Å². The highest BCUT2D eigenvalue weighted by atomic mass is 19.2. The summed E-state index contributed by atoms with van der Waals surface area (Å²) < 4.78 is 36.6. The maximum absolute atomic E-state index is 14.0. The lowest BCUT2D eigenvalue weighted by Gasteiger charge is -2.15. The number of hydrogen-bond acceptors (Lipinski definition) is 6. The number of hydrogen-bond donors (Lipinski definition) is 0. The number of rotatable bonds is 6. The summed E-state index contributed by atoms with van der Waals surface area (Å²) in [6.07, 6.45) is 0. The Bertz CT molecular complexity index is 586. The van der Waals surface area contributed by atoms with Crippen molar-refractivity contribution in [3.05, 3.63) is 39.4 Å². The molecule has 9 heteroatoms. The Kier molecular flexibility index (Phi) is 5.90. The molecule has 0 spiro atoms. The smallest absolute Gasteiger partial charge is 0.325 e. The fourth-order valence-electron chi connectivity index (χ4n) is 1.77. The second-order valence-electron chi connectivity index (χ2n) is 3.99. The van der Waals surface area contributed by atoms with Gasteiger partial charge < -0.3 is 9.47 Å². The minimum atomic E-state index is -2.07. The van der Waals surface area contributed by atoms with E-state index in [9.17, 15) is 28.5 Å². The van der Waals surface area contributed by atoms with Crippen LogP contribution in [-0.4, -0.2) is 30.1 Å². The third-order valence-electron chi connectivity index (χ3n) is 2.64. The Morgan fingerprint density at radius 3 is 2.09 bits per heavy atom. The highest BCUT2D eigenvalue weighted by Crippen LogP contribution is 2.32. The van der Waals surface area contributed by atoms with E-state index in [0.717, 1.165) is 0 Å². The van der Waals surface area contributed by atoms with E-state index in [0.29, 0.717) is 12.1 Å². The number of carbonyl (C=O) groups is 2. The first-order valence-corrected chi connectivity index (χ1v) is 6.30. The van der Waals surface area contributed by atoms with Crippen molar-refractivity contribution < 1.29 is 32.8 Å². The van der Waals surface area contributed by atoms with Crippen molar-refractivity contribution in [1.29, 1.82) is 0 Å². The molecule has 0 atom stereocenters. The number of esters is 2. The molecule has 120 valence electrons. The van der Waals surface area contributed by atoms with Crippen molar-refractivity contribution in [2.24, 2.45) is 0 Å². The van der Waals surface area contributed by atoms with Gasteiger partial charge in [-0.25, -0.2) is 8.78 Å². The van der Waals surface area contributed by atoms with Crippen LogP contribution in [0.5, 0.6) is 0 Å². The number of benzene rings is 1. The molecule has 0 saturated carbocycles. The molecule has 7 nitrogen and oxygen atoms in total. The first kappa shape index (κ1) is 17.5. The van der Waals surface area contributed by atoms with Crippen molar-refractivity contribution in [3.63, 3.8) is 0 Å². The molecule has 0 saturated heterocycles. The second-order valence-corrected chi connectivity index (χ2v) is 3.99. The van der Waals surface area contributed by atoms with E-state index in [1.807, 2.05) is 0 Å². The zero-order valence-electron chi connectivity index (χ0n) is 11.8. The molecule has 0 heterocycles. The number of nitrogens with zero attached hydrogens (tertiary/aromatic N) is 1. The standard InChI is InChI=1S/C13H13F2NO6/c1-3-21-12(17)10(13(18)22-4-2)9-8(16(19)20)6-5-7(14)11(9)15/h5-6,10H,3-4H2,1-2H3. The van der Waals surface area contributed by atoms with Crippen molar-refractivity contribution in [3.8, 4) is 0 Å². The van der Waals surface area contributed by atoms with Gasteiger partial charge in [-0.3, -0.25) is 19.7 Å². The second kappa shape index (κ2) is 7.43. The summed E-state index contributed by atoms with van der Waals surface area (Å²) in [6.45, 7) is 2.55. The molecule has 1 aromatic carbocycles. The summed E-state index contributed by atoms with van der Waals surface area (Å²) in [5, 5.41) is 11.0. The van der Waals surface area contributed by atoms with Crippen LogP contribution in [-0.2, 0) is 19.1 Å². The van der Waals surface area contributed by atoms with Crippen molar-refractivity contribution in [2.75, 3.05) is 13.2 Å². The van der Waals surface area contributed by atoms with Crippen molar-refractivity contribution >= 4 is 17.6 Å². The Morgan fingerprint density at radius 2 is 1.68 bits per heavy atom. The molecule has 1 rings (SSSR count). The molecule has 0 aromatic heterocycles. The molecule has 0 aliphatic rings. The normalized spacial score (nSPS) is 10.4. The van der Waals surface area contributed by atoms with E-state index in [-0.39, 0.29) is 13.2 Å². The number of ether oxygens (including phenoxy) is 2. The van der Waals surface area contributed by atoms with Crippen LogP contribution < -0.4 is 0 Å². The maximum Gasteiger partial charge on any atom is 0.325 e. The molecule has 0 fully saturated rings. The Labute approximate surface area is 124 Å². The van der Waals surface area contributed by atoms with Crippen LogP contribution in [0.25, 0.3) is 0 Å². The lowest BCUT2D eigenvalue weighted by Crippen LogP contribution is -2.28. The Morgan fingerprint density at radius 1 is 1.18 bits per heavy atom. The predicted octanol–water partition coefficient (Wildman–Crippen LogP) is 2.08. The summed E-state index contributed by atoms with van der Waals surface area (Å²) in [7, 11) is 0. The minimum absolute atomic E-state index is 0.153. The van der Waals surface area contributed by atoms with Crippen LogP contribution in [0, 0.1) is 21.7 Å². The zero-order chi connectivity index (χ0) is 16.9. The van der Waals surface area contributed by atoms with Crippen LogP contribution in [0.4, 0.5) is 14.5 Å². The van der Waals surface area contributed by atoms with Gasteiger partial charge in [-0.15, -0.1) is 0 Å². The van der Waals surface area contributed by atoms with Gasteiger partial charge in [0.1, 0.15) is 0 Å². The van der Waals surface area contributed by atoms with Gasteiger partial charge in [0.15, 0.2) is 17.6 Å². The topological polar surface area (TPSA) is 95.7 Å². The zero-order valence-corrected chi connectivity index (χ0v) is 11.8. The highest BCUT2D eigenvalue weighted by Gasteiger charge is 2.40. The van der Waals surface area contributed by atoms with E-state index in [2.05, 4.69) is 9.47 Å². The van der Waals surface area contributed by atoms with Gasteiger partial charge in [0.25, 0.3) is 5.69 Å². The summed E-state index contributed by atoms with van der Waals surface area (Å²) >= 11 is 0. The summed E-state index contributed by atoms with van der Waals surface area (Å²) in [5.41, 5.74) is -1.92. The Balaban J connectivity index is 3.53. The first-order valence-electron chi connectivity index (χ1n) is 6.30. The average molecular weight is 317 g/mol. The monoisotopic (exact) mass is 317 g/mol. The maximum atomic E-state index is 14.0. The van der Waals surface area contributed by atoms with Gasteiger partial charge in [-0.05, 0) is 19.9 Å². The van der Waals surface area contributed by atoms with Gasteiger partial charge >= 0.3 is 11.9 Å². The fraction of sp³-hybridized carbons (Fsp3) is 0.385. The molecule has 0 amide bonds. The Hall–Kier alpha value is -2.58. The average Bonchev–Trinajstić information content (AvgIpc) is 2.44. The molecular formula is C13H13F2NO6. The van der Waals surface area contributed by atoms with E-state index in [1.54, 1.807) is 0 Å². The van der Waals surface area contributed by atoms with E-state index < -0.39 is 45.7 Å². The van der Waals surface area contributed by atoms with Gasteiger partial charge in [-0.2, -0.15) is 0 Å². The number of nitro groups is 1. The molecule has 0 N–H and O–H groups in total. The largest absolute Gasteiger partial charge is 0.465 e. The van der Waals surface area contributed by atoms with Crippen LogP contribution >= 0.6 is 0 Å². The minimum Gasteiger partial charge on any atom is -0.465 e. The number of carbonyl (C=O) groups excluding carboxylic acids is 2. The van der Waals surface area contributed by atoms with Crippen LogP contribution in [0.1, 0.15) is 25.3 Å². The molecule has 0 aliphatic heterocycles. The molecule has 1 aromatic rings. The lowest BCUT2D eigenvalue weighted by atomic mass is 9.96. The van der Waals surface area contributed by atoms with Crippen molar-refractivity contribution in [1.82, 2.24) is 0 Å². The summed E-state index contributed by atoms with van der Waals surface area (Å²) in [6, 6.07) is 1.20. The number of halogens is 2. The molecule has 0 unspecified atom stereocenters. The van der Waals surface area contributed by atoms with Gasteiger partial charge in [-0.1, -0.05) is 0 Å². The molecule has 22 heavy (non-hydrogen) atoms. The van der Waals surface area contributed by atoms with E-state index in [4.69, 9.17) is 0 Å². The summed E-state index contributed by atoms with van der Waals surface area (Å²) in [4.78, 5) is 33.7. The van der Waals surface area contributed by atoms with E-state index >= 15 is 0 Å². The molecular weight excluding hydrogens is 304 g/mol. The van der Waals surface area contributed by atoms with Gasteiger partial charge in [0.2, 0.25) is 0 Å². The van der Waals surface area contributed by atoms with Crippen molar-refractivity contribution in [2.45, 2.75) is 19.8 Å². The molecule has 0 aliphatic carbocycles. The van der Waals surface area contributed by atoms with Gasteiger partial charge in [0, 0.05) is 6.07 Å². The lowest BCUT2D eigenvalue weighted by molar-refractivity contribution is -0.385. The molecule has 0 radical (unpaired) electrons. The highest BCUT2D eigenvalue weighted by molar-refractivity contribution is 6.01. The fourth-order valence-corrected chi connectivity index (χ4v) is 1.77. The molecule has 0 bridgehead atoms. The van der Waals surface area contributed by atoms with E-state index in [1.165, 1.54) is 13.8 Å². The summed E-state index contributed by atoms with van der Waals surface area (Å²) in [5.74, 6) is -7.68. The predicted molar refractivity (Wildman–Crippen MR) is 69.0 cm³/mol. The third-order valence-corrected chi connectivity index (χ3v) is 2.64. The first-order chi connectivity index (χ1) is 10.3. The third kappa shape index (κ3) is 3.54. The SMILES string of the molecule is CCOC(=O)C(C(=O)OCC)c1c([N+](=O)[O-])ccc(F)c1F. The van der Waals surface area contributed by atoms with Crippen LogP contribution in [0.15, 0.2) is 12.1 Å².